The first kappa shape index (κ1) is 14.6. The zero-order valence-corrected chi connectivity index (χ0v) is 12.9. The highest BCUT2D eigenvalue weighted by Crippen LogP contribution is 2.27. The van der Waals surface area contributed by atoms with E-state index in [4.69, 9.17) is 5.26 Å². The number of rotatable bonds is 2. The van der Waals surface area contributed by atoms with Crippen LogP contribution in [-0.4, -0.2) is 25.8 Å². The number of benzene rings is 1. The molecular weight excluding hydrogens is 284 g/mol. The fraction of sp³-hybridized carbons (Fsp3) is 0.562. The molecule has 1 aliphatic heterocycles. The molecule has 2 aliphatic rings. The molecule has 0 spiro atoms. The third-order valence-electron chi connectivity index (χ3n) is 4.59. The average molecular weight is 304 g/mol. The predicted molar refractivity (Wildman–Crippen MR) is 80.2 cm³/mol. The fourth-order valence-corrected chi connectivity index (χ4v) is 4.77. The number of piperidine rings is 1. The average Bonchev–Trinajstić information content (AvgIpc) is 2.54. The number of hydrogen-bond donors (Lipinski definition) is 0. The Kier molecular flexibility index (Phi) is 4.01. The van der Waals surface area contributed by atoms with Gasteiger partial charge in [-0.3, -0.25) is 0 Å². The molecule has 21 heavy (non-hydrogen) atoms. The van der Waals surface area contributed by atoms with Gasteiger partial charge in [-0.15, -0.1) is 0 Å². The van der Waals surface area contributed by atoms with E-state index in [9.17, 15) is 8.42 Å². The highest BCUT2D eigenvalue weighted by molar-refractivity contribution is 7.89. The van der Waals surface area contributed by atoms with E-state index in [1.54, 1.807) is 6.07 Å². The van der Waals surface area contributed by atoms with Gasteiger partial charge in [0.2, 0.25) is 10.0 Å². The maximum absolute atomic E-state index is 12.7. The molecule has 1 saturated heterocycles. The first-order valence-corrected chi connectivity index (χ1v) is 9.07. The van der Waals surface area contributed by atoms with Crippen LogP contribution >= 0.6 is 0 Å². The molecule has 112 valence electrons. The van der Waals surface area contributed by atoms with E-state index in [1.165, 1.54) is 21.9 Å². The van der Waals surface area contributed by atoms with Crippen molar-refractivity contribution in [2.45, 2.75) is 43.4 Å². The van der Waals surface area contributed by atoms with Crippen molar-refractivity contribution in [2.24, 2.45) is 5.92 Å². The van der Waals surface area contributed by atoms with Crippen LogP contribution in [0.4, 0.5) is 0 Å². The summed E-state index contributed by atoms with van der Waals surface area (Å²) in [5, 5.41) is 8.91. The lowest BCUT2D eigenvalue weighted by Gasteiger charge is -2.28. The molecule has 1 aromatic carbocycles. The molecule has 4 nitrogen and oxygen atoms in total. The normalized spacial score (nSPS) is 20.7. The molecule has 0 N–H and O–H groups in total. The third-order valence-corrected chi connectivity index (χ3v) is 6.49. The van der Waals surface area contributed by atoms with Crippen molar-refractivity contribution in [3.05, 3.63) is 29.3 Å². The van der Waals surface area contributed by atoms with Gasteiger partial charge in [0.05, 0.1) is 11.0 Å². The number of aryl methyl sites for hydroxylation is 2. The summed E-state index contributed by atoms with van der Waals surface area (Å²) in [6, 6.07) is 7.82. The van der Waals surface area contributed by atoms with Crippen LogP contribution in [0.3, 0.4) is 0 Å². The summed E-state index contributed by atoms with van der Waals surface area (Å²) in [6.07, 6.45) is 5.66. The zero-order chi connectivity index (χ0) is 14.9. The Labute approximate surface area is 126 Å². The molecule has 0 atom stereocenters. The molecule has 5 heteroatoms. The van der Waals surface area contributed by atoms with Crippen LogP contribution in [0.1, 0.15) is 36.8 Å². The standard InChI is InChI=1S/C16H20N2O2S/c17-12-13-7-9-18(10-8-13)21(19,20)16-6-5-14-3-1-2-4-15(14)11-16/h5-6,11,13H,1-4,7-10H2. The van der Waals surface area contributed by atoms with Gasteiger partial charge in [0, 0.05) is 19.0 Å². The second kappa shape index (κ2) is 5.78. The molecule has 0 bridgehead atoms. The Morgan fingerprint density at radius 3 is 2.43 bits per heavy atom. The van der Waals surface area contributed by atoms with Gasteiger partial charge in [-0.2, -0.15) is 9.57 Å². The van der Waals surface area contributed by atoms with Crippen molar-refractivity contribution < 1.29 is 8.42 Å². The largest absolute Gasteiger partial charge is 0.243 e. The Balaban J connectivity index is 1.84. The van der Waals surface area contributed by atoms with Crippen molar-refractivity contribution in [2.75, 3.05) is 13.1 Å². The van der Waals surface area contributed by atoms with Gasteiger partial charge in [0.15, 0.2) is 0 Å². The second-order valence-corrected chi connectivity index (χ2v) is 7.88. The lowest BCUT2D eigenvalue weighted by molar-refractivity contribution is 0.310. The van der Waals surface area contributed by atoms with Crippen LogP contribution in [0, 0.1) is 17.2 Å². The molecule has 0 saturated carbocycles. The van der Waals surface area contributed by atoms with Gasteiger partial charge < -0.3 is 0 Å². The van der Waals surface area contributed by atoms with E-state index >= 15 is 0 Å². The quantitative estimate of drug-likeness (QED) is 0.843. The van der Waals surface area contributed by atoms with E-state index in [1.807, 2.05) is 12.1 Å². The third kappa shape index (κ3) is 2.83. The summed E-state index contributed by atoms with van der Waals surface area (Å²) >= 11 is 0. The molecule has 1 heterocycles. The maximum atomic E-state index is 12.7. The minimum Gasteiger partial charge on any atom is -0.207 e. The lowest BCUT2D eigenvalue weighted by Crippen LogP contribution is -2.38. The van der Waals surface area contributed by atoms with Crippen LogP contribution in [0.5, 0.6) is 0 Å². The molecule has 3 rings (SSSR count). The van der Waals surface area contributed by atoms with Crippen molar-refractivity contribution in [1.82, 2.24) is 4.31 Å². The number of nitriles is 1. The Morgan fingerprint density at radius 1 is 1.10 bits per heavy atom. The number of sulfonamides is 1. The number of fused-ring (bicyclic) bond motifs is 1. The van der Waals surface area contributed by atoms with Crippen molar-refractivity contribution in [3.8, 4) is 6.07 Å². The van der Waals surface area contributed by atoms with E-state index in [2.05, 4.69) is 6.07 Å². The van der Waals surface area contributed by atoms with Gasteiger partial charge >= 0.3 is 0 Å². The molecule has 0 radical (unpaired) electrons. The molecule has 1 aliphatic carbocycles. The fourth-order valence-electron chi connectivity index (χ4n) is 3.24. The van der Waals surface area contributed by atoms with Crippen LogP contribution < -0.4 is 0 Å². The summed E-state index contributed by atoms with van der Waals surface area (Å²) in [4.78, 5) is 0.415. The van der Waals surface area contributed by atoms with Crippen molar-refractivity contribution >= 4 is 10.0 Å². The van der Waals surface area contributed by atoms with Gasteiger partial charge in [0.25, 0.3) is 0 Å². The lowest BCUT2D eigenvalue weighted by atomic mass is 9.92. The SMILES string of the molecule is N#CC1CCN(S(=O)(=O)c2ccc3c(c2)CCCC3)CC1. The van der Waals surface area contributed by atoms with Gasteiger partial charge in [-0.1, -0.05) is 6.07 Å². The second-order valence-electron chi connectivity index (χ2n) is 5.95. The van der Waals surface area contributed by atoms with E-state index in [0.717, 1.165) is 19.3 Å². The Bertz CT molecular complexity index is 668. The monoisotopic (exact) mass is 304 g/mol. The topological polar surface area (TPSA) is 61.2 Å². The molecular formula is C16H20N2O2S. The number of hydrogen-bond acceptors (Lipinski definition) is 3. The predicted octanol–water partition coefficient (Wildman–Crippen LogP) is 2.49. The molecule has 0 unspecified atom stereocenters. The van der Waals surface area contributed by atoms with Crippen LogP contribution in [0.15, 0.2) is 23.1 Å². The van der Waals surface area contributed by atoms with Crippen molar-refractivity contribution in [3.63, 3.8) is 0 Å². The van der Waals surface area contributed by atoms with Gasteiger partial charge in [-0.05, 0) is 61.8 Å². The minimum atomic E-state index is -3.40. The maximum Gasteiger partial charge on any atom is 0.243 e. The van der Waals surface area contributed by atoms with Crippen LogP contribution in [-0.2, 0) is 22.9 Å². The van der Waals surface area contributed by atoms with Gasteiger partial charge in [-0.25, -0.2) is 8.42 Å². The summed E-state index contributed by atoms with van der Waals surface area (Å²) in [5.41, 5.74) is 2.48. The summed E-state index contributed by atoms with van der Waals surface area (Å²) in [5.74, 6) is -0.0000158. The summed E-state index contributed by atoms with van der Waals surface area (Å²) in [7, 11) is -3.40. The minimum absolute atomic E-state index is 0.0000158. The Morgan fingerprint density at radius 2 is 1.76 bits per heavy atom. The highest BCUT2D eigenvalue weighted by Gasteiger charge is 2.29. The highest BCUT2D eigenvalue weighted by atomic mass is 32.2. The first-order chi connectivity index (χ1) is 10.1. The van der Waals surface area contributed by atoms with Crippen molar-refractivity contribution in [1.29, 1.82) is 5.26 Å². The number of nitrogens with zero attached hydrogens (tertiary/aromatic N) is 2. The van der Waals surface area contributed by atoms with E-state index < -0.39 is 10.0 Å². The van der Waals surface area contributed by atoms with Gasteiger partial charge in [0.1, 0.15) is 0 Å². The van der Waals surface area contributed by atoms with E-state index in [0.29, 0.717) is 30.8 Å². The molecule has 1 fully saturated rings. The smallest absolute Gasteiger partial charge is 0.207 e. The summed E-state index contributed by atoms with van der Waals surface area (Å²) < 4.78 is 27.0. The molecule has 0 amide bonds. The molecule has 0 aromatic heterocycles. The zero-order valence-electron chi connectivity index (χ0n) is 12.1. The molecule has 1 aromatic rings. The van der Waals surface area contributed by atoms with Crippen LogP contribution in [0.25, 0.3) is 0 Å². The first-order valence-electron chi connectivity index (χ1n) is 7.63. The van der Waals surface area contributed by atoms with E-state index in [-0.39, 0.29) is 5.92 Å². The summed E-state index contributed by atoms with van der Waals surface area (Å²) in [6.45, 7) is 0.912. The Hall–Kier alpha value is -1.38. The van der Waals surface area contributed by atoms with Crippen LogP contribution in [0.2, 0.25) is 0 Å².